The third-order valence-corrected chi connectivity index (χ3v) is 4.07. The van der Waals surface area contributed by atoms with Gasteiger partial charge in [-0.3, -0.25) is 9.79 Å². The number of carbonyl (C=O) groups is 1. The highest BCUT2D eigenvalue weighted by Gasteiger charge is 2.25. The Balaban J connectivity index is 0.00000361. The highest BCUT2D eigenvalue weighted by Crippen LogP contribution is 2.29. The van der Waals surface area contributed by atoms with Gasteiger partial charge in [-0.1, -0.05) is 13.8 Å². The molecule has 0 saturated heterocycles. The molecule has 0 aromatic carbocycles. The van der Waals surface area contributed by atoms with Crippen molar-refractivity contribution in [2.45, 2.75) is 39.2 Å². The summed E-state index contributed by atoms with van der Waals surface area (Å²) in [6, 6.07) is 0.465. The molecule has 1 rings (SSSR count). The lowest BCUT2D eigenvalue weighted by Gasteiger charge is -2.33. The summed E-state index contributed by atoms with van der Waals surface area (Å²) < 4.78 is 0. The number of nitrogens with one attached hydrogen (secondary N) is 2. The zero-order chi connectivity index (χ0) is 14.4. The molecule has 0 aliphatic heterocycles. The second kappa shape index (κ2) is 9.41. The molecule has 3 atom stereocenters. The fourth-order valence-corrected chi connectivity index (χ4v) is 2.38. The third kappa shape index (κ3) is 6.28. The van der Waals surface area contributed by atoms with Crippen molar-refractivity contribution in [3.63, 3.8) is 0 Å². The molecule has 1 saturated carbocycles. The lowest BCUT2D eigenvalue weighted by atomic mass is 9.79. The van der Waals surface area contributed by atoms with E-state index in [2.05, 4.69) is 29.5 Å². The number of rotatable bonds is 3. The van der Waals surface area contributed by atoms with Crippen molar-refractivity contribution in [2.24, 2.45) is 16.8 Å². The molecule has 0 bridgehead atoms. The smallest absolute Gasteiger partial charge is 0.241 e. The van der Waals surface area contributed by atoms with Crippen molar-refractivity contribution in [2.75, 3.05) is 27.7 Å². The highest BCUT2D eigenvalue weighted by molar-refractivity contribution is 14.0. The Kier molecular flexibility index (Phi) is 9.16. The van der Waals surface area contributed by atoms with E-state index >= 15 is 0 Å². The largest absolute Gasteiger partial charge is 0.354 e. The summed E-state index contributed by atoms with van der Waals surface area (Å²) in [5.41, 5.74) is 0. The molecule has 118 valence electrons. The van der Waals surface area contributed by atoms with Crippen LogP contribution >= 0.6 is 24.0 Å². The van der Waals surface area contributed by atoms with Crippen molar-refractivity contribution in [1.29, 1.82) is 0 Å². The molecular weight excluding hydrogens is 367 g/mol. The van der Waals surface area contributed by atoms with E-state index in [0.29, 0.717) is 6.04 Å². The monoisotopic (exact) mass is 396 g/mol. The Hall–Kier alpha value is -0.530. The minimum atomic E-state index is 0. The van der Waals surface area contributed by atoms with Gasteiger partial charge >= 0.3 is 0 Å². The second-order valence-corrected chi connectivity index (χ2v) is 5.82. The molecule has 1 fully saturated rings. The van der Waals surface area contributed by atoms with Gasteiger partial charge in [0.25, 0.3) is 0 Å². The Bertz CT molecular complexity index is 333. The molecular formula is C14H29IN4O. The average Bonchev–Trinajstić information content (AvgIpc) is 2.38. The van der Waals surface area contributed by atoms with Crippen LogP contribution in [0.3, 0.4) is 0 Å². The van der Waals surface area contributed by atoms with Crippen molar-refractivity contribution in [1.82, 2.24) is 15.5 Å². The topological polar surface area (TPSA) is 56.7 Å². The zero-order valence-electron chi connectivity index (χ0n) is 13.3. The van der Waals surface area contributed by atoms with Crippen LogP contribution in [0, 0.1) is 11.8 Å². The summed E-state index contributed by atoms with van der Waals surface area (Å²) in [6.45, 7) is 4.92. The quantitative estimate of drug-likeness (QED) is 0.434. The van der Waals surface area contributed by atoms with Crippen LogP contribution in [0.2, 0.25) is 0 Å². The molecule has 1 amide bonds. The van der Waals surface area contributed by atoms with Gasteiger partial charge in [-0.2, -0.15) is 0 Å². The van der Waals surface area contributed by atoms with E-state index in [0.717, 1.165) is 17.8 Å². The lowest BCUT2D eigenvalue weighted by molar-refractivity contribution is -0.127. The minimum Gasteiger partial charge on any atom is -0.354 e. The Morgan fingerprint density at radius 2 is 1.90 bits per heavy atom. The first-order valence-electron chi connectivity index (χ1n) is 7.11. The van der Waals surface area contributed by atoms with E-state index in [1.165, 1.54) is 19.3 Å². The molecule has 5 nitrogen and oxygen atoms in total. The molecule has 0 radical (unpaired) electrons. The number of carbonyl (C=O) groups excluding carboxylic acids is 1. The molecule has 3 unspecified atom stereocenters. The van der Waals surface area contributed by atoms with Crippen LogP contribution < -0.4 is 10.6 Å². The van der Waals surface area contributed by atoms with Gasteiger partial charge in [0.2, 0.25) is 5.91 Å². The van der Waals surface area contributed by atoms with Gasteiger partial charge in [-0.15, -0.1) is 24.0 Å². The van der Waals surface area contributed by atoms with Gasteiger partial charge in [0.1, 0.15) is 0 Å². The Morgan fingerprint density at radius 1 is 1.25 bits per heavy atom. The van der Waals surface area contributed by atoms with Gasteiger partial charge in [0.15, 0.2) is 5.96 Å². The van der Waals surface area contributed by atoms with E-state index in [9.17, 15) is 4.79 Å². The van der Waals surface area contributed by atoms with Crippen LogP contribution in [0.25, 0.3) is 0 Å². The first kappa shape index (κ1) is 19.5. The molecule has 0 aromatic rings. The number of hydrogen-bond donors (Lipinski definition) is 2. The van der Waals surface area contributed by atoms with Crippen LogP contribution in [0.15, 0.2) is 4.99 Å². The van der Waals surface area contributed by atoms with Crippen LogP contribution in [0.1, 0.15) is 33.1 Å². The van der Waals surface area contributed by atoms with Crippen molar-refractivity contribution < 1.29 is 4.79 Å². The molecule has 0 heterocycles. The maximum absolute atomic E-state index is 11.5. The summed E-state index contributed by atoms with van der Waals surface area (Å²) in [4.78, 5) is 17.3. The van der Waals surface area contributed by atoms with Crippen LogP contribution in [0.4, 0.5) is 0 Å². The first-order valence-corrected chi connectivity index (χ1v) is 7.11. The van der Waals surface area contributed by atoms with Gasteiger partial charge in [-0.05, 0) is 31.1 Å². The highest BCUT2D eigenvalue weighted by atomic mass is 127. The molecule has 2 N–H and O–H groups in total. The summed E-state index contributed by atoms with van der Waals surface area (Å²) in [5.74, 6) is 2.33. The average molecular weight is 396 g/mol. The molecule has 6 heteroatoms. The molecule has 0 spiro atoms. The molecule has 0 aromatic heterocycles. The van der Waals surface area contributed by atoms with E-state index in [1.54, 1.807) is 26.0 Å². The third-order valence-electron chi connectivity index (χ3n) is 4.07. The number of nitrogens with zero attached hydrogens (tertiary/aromatic N) is 2. The van der Waals surface area contributed by atoms with E-state index in [4.69, 9.17) is 0 Å². The molecule has 1 aliphatic carbocycles. The number of likely N-dealkylation sites (N-methyl/N-ethyl adjacent to an activating group) is 1. The zero-order valence-corrected chi connectivity index (χ0v) is 15.6. The number of hydrogen-bond acceptors (Lipinski definition) is 2. The van der Waals surface area contributed by atoms with Gasteiger partial charge < -0.3 is 15.5 Å². The predicted octanol–water partition coefficient (Wildman–Crippen LogP) is 1.68. The second-order valence-electron chi connectivity index (χ2n) is 5.82. The van der Waals surface area contributed by atoms with E-state index < -0.39 is 0 Å². The fraction of sp³-hybridized carbons (Fsp3) is 0.857. The van der Waals surface area contributed by atoms with Crippen LogP contribution in [-0.4, -0.2) is 50.5 Å². The lowest BCUT2D eigenvalue weighted by Crippen LogP contribution is -2.48. The summed E-state index contributed by atoms with van der Waals surface area (Å²) in [6.07, 6.45) is 3.60. The number of aliphatic imine (C=N–C) groups is 1. The fourth-order valence-electron chi connectivity index (χ4n) is 2.38. The van der Waals surface area contributed by atoms with Crippen molar-refractivity contribution in [3.05, 3.63) is 0 Å². The van der Waals surface area contributed by atoms with Crippen LogP contribution in [-0.2, 0) is 4.79 Å². The predicted molar refractivity (Wildman–Crippen MR) is 94.6 cm³/mol. The van der Waals surface area contributed by atoms with Crippen molar-refractivity contribution in [3.8, 4) is 0 Å². The SMILES string of the molecule is CN=C(NCC(=O)N(C)C)NC1CCC(C)C(C)C1.I. The van der Waals surface area contributed by atoms with Gasteiger partial charge in [-0.25, -0.2) is 0 Å². The summed E-state index contributed by atoms with van der Waals surface area (Å²) >= 11 is 0. The molecule has 20 heavy (non-hydrogen) atoms. The number of halogens is 1. The molecule has 1 aliphatic rings. The number of guanidine groups is 1. The summed E-state index contributed by atoms with van der Waals surface area (Å²) in [7, 11) is 5.25. The Labute approximate surface area is 140 Å². The van der Waals surface area contributed by atoms with Gasteiger partial charge in [0.05, 0.1) is 6.54 Å². The van der Waals surface area contributed by atoms with E-state index in [1.807, 2.05) is 0 Å². The number of amides is 1. The standard InChI is InChI=1S/C14H28N4O.HI/c1-10-6-7-12(8-11(10)2)17-14(15-3)16-9-13(19)18(4)5;/h10-12H,6-9H2,1-5H3,(H2,15,16,17);1H. The minimum absolute atomic E-state index is 0. The first-order chi connectivity index (χ1) is 8.93. The Morgan fingerprint density at radius 3 is 2.40 bits per heavy atom. The van der Waals surface area contributed by atoms with E-state index in [-0.39, 0.29) is 36.4 Å². The maximum Gasteiger partial charge on any atom is 0.241 e. The van der Waals surface area contributed by atoms with Gasteiger partial charge in [0, 0.05) is 27.2 Å². The normalized spacial score (nSPS) is 26.4. The van der Waals surface area contributed by atoms with Crippen molar-refractivity contribution >= 4 is 35.8 Å². The van der Waals surface area contributed by atoms with Crippen LogP contribution in [0.5, 0.6) is 0 Å². The summed E-state index contributed by atoms with van der Waals surface area (Å²) in [5, 5.41) is 6.49. The maximum atomic E-state index is 11.5.